The van der Waals surface area contributed by atoms with Crippen molar-refractivity contribution in [2.75, 3.05) is 5.73 Å². The van der Waals surface area contributed by atoms with Gasteiger partial charge in [0.25, 0.3) is 0 Å². The van der Waals surface area contributed by atoms with Crippen LogP contribution in [0.25, 0.3) is 0 Å². The summed E-state index contributed by atoms with van der Waals surface area (Å²) in [6, 6.07) is 0.427. The lowest BCUT2D eigenvalue weighted by Gasteiger charge is -2.14. The summed E-state index contributed by atoms with van der Waals surface area (Å²) in [7, 11) is 0. The second-order valence-electron chi connectivity index (χ2n) is 2.79. The average molecular weight is 232 g/mol. The summed E-state index contributed by atoms with van der Waals surface area (Å²) in [5.74, 6) is 0.726. The van der Waals surface area contributed by atoms with Gasteiger partial charge in [0.1, 0.15) is 5.82 Å². The van der Waals surface area contributed by atoms with Crippen molar-refractivity contribution in [2.24, 2.45) is 0 Å². The Kier molecular flexibility index (Phi) is 3.14. The molecule has 4 heteroatoms. The summed E-state index contributed by atoms with van der Waals surface area (Å²) >= 11 is 3.33. The normalized spacial score (nSPS) is 11.0. The van der Waals surface area contributed by atoms with Crippen LogP contribution in [0.2, 0.25) is 0 Å². The first-order chi connectivity index (χ1) is 5.70. The van der Waals surface area contributed by atoms with E-state index in [4.69, 9.17) is 5.73 Å². The van der Waals surface area contributed by atoms with Crippen LogP contribution < -0.4 is 5.73 Å². The van der Waals surface area contributed by atoms with Crippen molar-refractivity contribution in [3.63, 3.8) is 0 Å². The monoisotopic (exact) mass is 231 g/mol. The smallest absolute Gasteiger partial charge is 0.136 e. The fourth-order valence-electron chi connectivity index (χ4n) is 1.28. The minimum absolute atomic E-state index is 0.427. The Hall–Kier alpha value is -0.510. The third-order valence-corrected chi connectivity index (χ3v) is 2.69. The highest BCUT2D eigenvalue weighted by molar-refractivity contribution is 9.10. The number of hydrogen-bond donors (Lipinski definition) is 1. The predicted octanol–water partition coefficient (Wildman–Crippen LogP) is 2.59. The van der Waals surface area contributed by atoms with Gasteiger partial charge in [-0.15, -0.1) is 0 Å². The number of halogens is 1. The van der Waals surface area contributed by atoms with E-state index in [1.165, 1.54) is 0 Å². The molecule has 0 unspecified atom stereocenters. The van der Waals surface area contributed by atoms with Crippen LogP contribution in [0.15, 0.2) is 10.7 Å². The Morgan fingerprint density at radius 3 is 2.50 bits per heavy atom. The van der Waals surface area contributed by atoms with E-state index in [1.807, 2.05) is 4.68 Å². The van der Waals surface area contributed by atoms with E-state index in [2.05, 4.69) is 34.9 Å². The van der Waals surface area contributed by atoms with Gasteiger partial charge >= 0.3 is 0 Å². The summed E-state index contributed by atoms with van der Waals surface area (Å²) in [4.78, 5) is 0. The molecular formula is C8H14BrN3. The van der Waals surface area contributed by atoms with Gasteiger partial charge in [-0.2, -0.15) is 5.10 Å². The maximum atomic E-state index is 5.81. The average Bonchev–Trinajstić information content (AvgIpc) is 2.38. The molecule has 2 N–H and O–H groups in total. The number of nitrogens with two attached hydrogens (primary N) is 1. The maximum absolute atomic E-state index is 5.81. The van der Waals surface area contributed by atoms with E-state index in [0.717, 1.165) is 23.1 Å². The van der Waals surface area contributed by atoms with Gasteiger partial charge in [-0.05, 0) is 28.8 Å². The second kappa shape index (κ2) is 3.94. The van der Waals surface area contributed by atoms with Crippen LogP contribution in [0.4, 0.5) is 5.82 Å². The Morgan fingerprint density at radius 2 is 2.17 bits per heavy atom. The standard InChI is InChI=1S/C8H14BrN3/c1-3-6(4-2)12-8(10)7(9)5-11-12/h5-6H,3-4,10H2,1-2H3. The van der Waals surface area contributed by atoms with Crippen LogP contribution in [0.5, 0.6) is 0 Å². The van der Waals surface area contributed by atoms with Crippen molar-refractivity contribution in [2.45, 2.75) is 32.7 Å². The zero-order valence-electron chi connectivity index (χ0n) is 7.42. The SMILES string of the molecule is CCC(CC)n1ncc(Br)c1N. The molecule has 1 aromatic heterocycles. The highest BCUT2D eigenvalue weighted by Gasteiger charge is 2.11. The molecule has 0 radical (unpaired) electrons. The summed E-state index contributed by atoms with van der Waals surface area (Å²) in [6.45, 7) is 4.28. The van der Waals surface area contributed by atoms with Crippen molar-refractivity contribution < 1.29 is 0 Å². The van der Waals surface area contributed by atoms with E-state index in [-0.39, 0.29) is 0 Å². The fourth-order valence-corrected chi connectivity index (χ4v) is 1.55. The molecule has 3 nitrogen and oxygen atoms in total. The Balaban J connectivity index is 2.93. The first-order valence-corrected chi connectivity index (χ1v) is 4.98. The zero-order chi connectivity index (χ0) is 9.14. The van der Waals surface area contributed by atoms with Crippen molar-refractivity contribution in [1.82, 2.24) is 9.78 Å². The van der Waals surface area contributed by atoms with Crippen LogP contribution in [-0.2, 0) is 0 Å². The third kappa shape index (κ3) is 1.63. The first kappa shape index (κ1) is 9.58. The summed E-state index contributed by atoms with van der Waals surface area (Å²) in [5, 5.41) is 4.20. The van der Waals surface area contributed by atoms with Crippen LogP contribution in [0.1, 0.15) is 32.7 Å². The first-order valence-electron chi connectivity index (χ1n) is 4.19. The molecule has 0 fully saturated rings. The highest BCUT2D eigenvalue weighted by atomic mass is 79.9. The molecule has 68 valence electrons. The molecule has 0 bridgehead atoms. The molecule has 0 atom stereocenters. The number of aromatic nitrogens is 2. The number of hydrogen-bond acceptors (Lipinski definition) is 2. The summed E-state index contributed by atoms with van der Waals surface area (Å²) in [5.41, 5.74) is 5.81. The lowest BCUT2D eigenvalue weighted by molar-refractivity contribution is 0.434. The molecule has 1 rings (SSSR count). The second-order valence-corrected chi connectivity index (χ2v) is 3.65. The van der Waals surface area contributed by atoms with Gasteiger partial charge in [-0.1, -0.05) is 13.8 Å². The Morgan fingerprint density at radius 1 is 1.58 bits per heavy atom. The Bertz CT molecular complexity index is 253. The van der Waals surface area contributed by atoms with E-state index >= 15 is 0 Å². The van der Waals surface area contributed by atoms with Crippen molar-refractivity contribution in [3.05, 3.63) is 10.7 Å². The molecule has 0 spiro atoms. The van der Waals surface area contributed by atoms with E-state index in [1.54, 1.807) is 6.20 Å². The molecule has 1 heterocycles. The van der Waals surface area contributed by atoms with E-state index in [9.17, 15) is 0 Å². The van der Waals surface area contributed by atoms with Gasteiger partial charge < -0.3 is 5.73 Å². The number of anilines is 1. The minimum Gasteiger partial charge on any atom is -0.383 e. The molecule has 1 aromatic rings. The lowest BCUT2D eigenvalue weighted by atomic mass is 10.2. The van der Waals surface area contributed by atoms with Crippen LogP contribution in [-0.4, -0.2) is 9.78 Å². The predicted molar refractivity (Wildman–Crippen MR) is 54.0 cm³/mol. The van der Waals surface area contributed by atoms with Gasteiger partial charge in [-0.3, -0.25) is 0 Å². The molecule has 0 aliphatic heterocycles. The molecule has 0 saturated carbocycles. The fraction of sp³-hybridized carbons (Fsp3) is 0.625. The third-order valence-electron chi connectivity index (χ3n) is 2.08. The molecule has 12 heavy (non-hydrogen) atoms. The van der Waals surface area contributed by atoms with Crippen LogP contribution >= 0.6 is 15.9 Å². The Labute approximate surface area is 81.1 Å². The van der Waals surface area contributed by atoms with Crippen LogP contribution in [0.3, 0.4) is 0 Å². The molecule has 0 aromatic carbocycles. The van der Waals surface area contributed by atoms with Gasteiger partial charge in [0.2, 0.25) is 0 Å². The van der Waals surface area contributed by atoms with Crippen molar-refractivity contribution in [3.8, 4) is 0 Å². The zero-order valence-corrected chi connectivity index (χ0v) is 9.00. The maximum Gasteiger partial charge on any atom is 0.136 e. The molecule has 0 aliphatic rings. The van der Waals surface area contributed by atoms with Crippen molar-refractivity contribution in [1.29, 1.82) is 0 Å². The quantitative estimate of drug-likeness (QED) is 0.870. The highest BCUT2D eigenvalue weighted by Crippen LogP contribution is 2.24. The number of rotatable bonds is 3. The van der Waals surface area contributed by atoms with Gasteiger partial charge in [0.15, 0.2) is 0 Å². The topological polar surface area (TPSA) is 43.8 Å². The van der Waals surface area contributed by atoms with Gasteiger partial charge in [0.05, 0.1) is 16.7 Å². The number of nitrogen functional groups attached to an aromatic ring is 1. The largest absolute Gasteiger partial charge is 0.383 e. The molecule has 0 saturated heterocycles. The molecule has 0 amide bonds. The molecule has 0 aliphatic carbocycles. The van der Waals surface area contributed by atoms with Gasteiger partial charge in [0, 0.05) is 0 Å². The number of nitrogens with zero attached hydrogens (tertiary/aromatic N) is 2. The van der Waals surface area contributed by atoms with Crippen LogP contribution in [0, 0.1) is 0 Å². The van der Waals surface area contributed by atoms with E-state index in [0.29, 0.717) is 6.04 Å². The summed E-state index contributed by atoms with van der Waals surface area (Å²) in [6.07, 6.45) is 3.87. The molecular weight excluding hydrogens is 218 g/mol. The minimum atomic E-state index is 0.427. The summed E-state index contributed by atoms with van der Waals surface area (Å²) < 4.78 is 2.76. The van der Waals surface area contributed by atoms with E-state index < -0.39 is 0 Å². The van der Waals surface area contributed by atoms with Crippen molar-refractivity contribution >= 4 is 21.7 Å². The van der Waals surface area contributed by atoms with Gasteiger partial charge in [-0.25, -0.2) is 4.68 Å². The lowest BCUT2D eigenvalue weighted by Crippen LogP contribution is -2.11.